The summed E-state index contributed by atoms with van der Waals surface area (Å²) in [5.74, 6) is -3.03. The van der Waals surface area contributed by atoms with Crippen LogP contribution >= 0.6 is 0 Å². The number of hydrogen-bond donors (Lipinski definition) is 1. The molecule has 1 atom stereocenters. The van der Waals surface area contributed by atoms with Gasteiger partial charge in [-0.2, -0.15) is 0 Å². The Kier molecular flexibility index (Phi) is 3.94. The molecule has 1 saturated heterocycles. The zero-order valence-corrected chi connectivity index (χ0v) is 12.1. The first-order valence-electron chi connectivity index (χ1n) is 7.25. The molecule has 0 aromatic heterocycles. The molecule has 0 radical (unpaired) electrons. The highest BCUT2D eigenvalue weighted by atomic mass is 19.1. The molecule has 120 valence electrons. The summed E-state index contributed by atoms with van der Waals surface area (Å²) in [6.07, 6.45) is 3.49. The number of carbonyl (C=O) groups excluding carboxylic acids is 3. The third-order valence-corrected chi connectivity index (χ3v) is 3.87. The van der Waals surface area contributed by atoms with Crippen LogP contribution in [-0.4, -0.2) is 34.7 Å². The van der Waals surface area contributed by atoms with Crippen molar-refractivity contribution < 1.29 is 23.2 Å². The van der Waals surface area contributed by atoms with Gasteiger partial charge in [0.15, 0.2) is 0 Å². The molecule has 0 spiro atoms. The molecule has 23 heavy (non-hydrogen) atoms. The molecule has 1 saturated carbocycles. The van der Waals surface area contributed by atoms with E-state index in [9.17, 15) is 23.2 Å². The summed E-state index contributed by atoms with van der Waals surface area (Å²) >= 11 is 0. The molecule has 5 nitrogen and oxygen atoms in total. The van der Waals surface area contributed by atoms with E-state index in [0.29, 0.717) is 0 Å². The minimum absolute atomic E-state index is 0.0804. The van der Waals surface area contributed by atoms with Crippen LogP contribution in [0.3, 0.4) is 0 Å². The smallest absolute Gasteiger partial charge is 0.249 e. The topological polar surface area (TPSA) is 66.5 Å². The lowest BCUT2D eigenvalue weighted by Gasteiger charge is -2.25. The van der Waals surface area contributed by atoms with Crippen LogP contribution in [0.25, 0.3) is 6.08 Å². The van der Waals surface area contributed by atoms with Gasteiger partial charge in [0.25, 0.3) is 0 Å². The quantitative estimate of drug-likeness (QED) is 0.673. The minimum Gasteiger partial charge on any atom is -0.324 e. The SMILES string of the molecule is O=C1C[C@H](N(C(=O)/C=C\c2c(F)cccc2F)C2CC2)C(=O)N1. The fourth-order valence-electron chi connectivity index (χ4n) is 2.62. The molecule has 7 heteroatoms. The molecule has 0 unspecified atom stereocenters. The van der Waals surface area contributed by atoms with Gasteiger partial charge in [-0.3, -0.25) is 19.7 Å². The number of halogens is 2. The van der Waals surface area contributed by atoms with E-state index in [1.54, 1.807) is 0 Å². The largest absolute Gasteiger partial charge is 0.324 e. The van der Waals surface area contributed by atoms with Crippen molar-refractivity contribution in [2.75, 3.05) is 0 Å². The van der Waals surface area contributed by atoms with E-state index in [0.717, 1.165) is 37.1 Å². The Morgan fingerprint density at radius 2 is 1.87 bits per heavy atom. The standard InChI is InChI=1S/C16H14F2N2O3/c17-11-2-1-3-12(18)10(11)6-7-15(22)20(9-4-5-9)13-8-14(21)19-16(13)23/h1-3,6-7,9,13H,4-5,8H2,(H,19,21,23)/b7-6-/t13-/m0/s1. The van der Waals surface area contributed by atoms with Gasteiger partial charge in [-0.1, -0.05) is 6.07 Å². The van der Waals surface area contributed by atoms with Crippen molar-refractivity contribution >= 4 is 23.8 Å². The van der Waals surface area contributed by atoms with Crippen LogP contribution < -0.4 is 5.32 Å². The van der Waals surface area contributed by atoms with Gasteiger partial charge in [0.2, 0.25) is 17.7 Å². The van der Waals surface area contributed by atoms with E-state index in [4.69, 9.17) is 0 Å². The van der Waals surface area contributed by atoms with Gasteiger partial charge in [0.1, 0.15) is 17.7 Å². The van der Waals surface area contributed by atoms with E-state index >= 15 is 0 Å². The summed E-state index contributed by atoms with van der Waals surface area (Å²) in [5, 5.41) is 2.16. The second-order valence-corrected chi connectivity index (χ2v) is 5.58. The van der Waals surface area contributed by atoms with Crippen molar-refractivity contribution in [3.8, 4) is 0 Å². The maximum Gasteiger partial charge on any atom is 0.249 e. The van der Waals surface area contributed by atoms with Gasteiger partial charge < -0.3 is 4.90 Å². The fourth-order valence-corrected chi connectivity index (χ4v) is 2.62. The second-order valence-electron chi connectivity index (χ2n) is 5.58. The number of hydrogen-bond acceptors (Lipinski definition) is 3. The number of rotatable bonds is 4. The van der Waals surface area contributed by atoms with Crippen LogP contribution in [0, 0.1) is 11.6 Å². The summed E-state index contributed by atoms with van der Waals surface area (Å²) in [5.41, 5.74) is -0.316. The average Bonchev–Trinajstić information content (AvgIpc) is 3.25. The number of carbonyl (C=O) groups is 3. The summed E-state index contributed by atoms with van der Waals surface area (Å²) < 4.78 is 27.1. The summed E-state index contributed by atoms with van der Waals surface area (Å²) in [6.45, 7) is 0. The van der Waals surface area contributed by atoms with Gasteiger partial charge in [-0.25, -0.2) is 8.78 Å². The fraction of sp³-hybridized carbons (Fsp3) is 0.312. The highest BCUT2D eigenvalue weighted by Crippen LogP contribution is 2.31. The molecule has 3 rings (SSSR count). The lowest BCUT2D eigenvalue weighted by atomic mass is 10.1. The Bertz CT molecular complexity index is 693. The van der Waals surface area contributed by atoms with Crippen LogP contribution in [0.2, 0.25) is 0 Å². The summed E-state index contributed by atoms with van der Waals surface area (Å²) in [4.78, 5) is 36.8. The molecule has 1 aliphatic heterocycles. The lowest BCUT2D eigenvalue weighted by molar-refractivity contribution is -0.135. The molecule has 1 aliphatic carbocycles. The van der Waals surface area contributed by atoms with Gasteiger partial charge in [0, 0.05) is 17.7 Å². The number of amides is 3. The highest BCUT2D eigenvalue weighted by molar-refractivity contribution is 6.08. The molecule has 0 bridgehead atoms. The Labute approximate surface area is 131 Å². The molecule has 3 amide bonds. The lowest BCUT2D eigenvalue weighted by Crippen LogP contribution is -2.45. The Balaban J connectivity index is 1.81. The number of imide groups is 1. The predicted molar refractivity (Wildman–Crippen MR) is 76.8 cm³/mol. The van der Waals surface area contributed by atoms with Crippen LogP contribution in [0.4, 0.5) is 8.78 Å². The minimum atomic E-state index is -0.849. The first-order valence-corrected chi connectivity index (χ1v) is 7.25. The van der Waals surface area contributed by atoms with Gasteiger partial charge >= 0.3 is 0 Å². The third kappa shape index (κ3) is 3.13. The Morgan fingerprint density at radius 1 is 1.22 bits per heavy atom. The van der Waals surface area contributed by atoms with Crippen molar-refractivity contribution in [1.29, 1.82) is 0 Å². The molecule has 1 aromatic rings. The average molecular weight is 320 g/mol. The number of nitrogens with zero attached hydrogens (tertiary/aromatic N) is 1. The van der Waals surface area contributed by atoms with Crippen LogP contribution in [0.15, 0.2) is 24.3 Å². The van der Waals surface area contributed by atoms with Crippen molar-refractivity contribution in [3.63, 3.8) is 0 Å². The molecule has 1 heterocycles. The van der Waals surface area contributed by atoms with Gasteiger partial charge in [0.05, 0.1) is 6.42 Å². The van der Waals surface area contributed by atoms with Crippen LogP contribution in [0.5, 0.6) is 0 Å². The van der Waals surface area contributed by atoms with Crippen molar-refractivity contribution in [1.82, 2.24) is 10.2 Å². The van der Waals surface area contributed by atoms with E-state index < -0.39 is 35.4 Å². The van der Waals surface area contributed by atoms with E-state index in [1.807, 2.05) is 0 Å². The molecular weight excluding hydrogens is 306 g/mol. The zero-order valence-electron chi connectivity index (χ0n) is 12.1. The van der Waals surface area contributed by atoms with E-state index in [-0.39, 0.29) is 18.0 Å². The molecule has 2 fully saturated rings. The summed E-state index contributed by atoms with van der Waals surface area (Å²) in [6, 6.07) is 2.45. The molecule has 1 aromatic carbocycles. The Morgan fingerprint density at radius 3 is 2.39 bits per heavy atom. The molecule has 1 N–H and O–H groups in total. The maximum atomic E-state index is 13.6. The van der Waals surface area contributed by atoms with Crippen LogP contribution in [0.1, 0.15) is 24.8 Å². The number of nitrogens with one attached hydrogen (secondary N) is 1. The van der Waals surface area contributed by atoms with E-state index in [1.165, 1.54) is 11.0 Å². The van der Waals surface area contributed by atoms with E-state index in [2.05, 4.69) is 5.32 Å². The van der Waals surface area contributed by atoms with Crippen LogP contribution in [-0.2, 0) is 14.4 Å². The summed E-state index contributed by atoms with van der Waals surface area (Å²) in [7, 11) is 0. The Hall–Kier alpha value is -2.57. The first-order chi connectivity index (χ1) is 11.0. The van der Waals surface area contributed by atoms with Gasteiger partial charge in [-0.05, 0) is 31.1 Å². The number of benzene rings is 1. The third-order valence-electron chi connectivity index (χ3n) is 3.87. The first kappa shape index (κ1) is 15.3. The predicted octanol–water partition coefficient (Wildman–Crippen LogP) is 1.38. The zero-order chi connectivity index (χ0) is 16.6. The molecular formula is C16H14F2N2O3. The van der Waals surface area contributed by atoms with Crippen molar-refractivity contribution in [2.24, 2.45) is 0 Å². The maximum absolute atomic E-state index is 13.6. The second kappa shape index (κ2) is 5.91. The van der Waals surface area contributed by atoms with Crippen molar-refractivity contribution in [2.45, 2.75) is 31.3 Å². The normalized spacial score (nSPS) is 20.9. The monoisotopic (exact) mass is 320 g/mol. The van der Waals surface area contributed by atoms with Crippen molar-refractivity contribution in [3.05, 3.63) is 41.5 Å². The van der Waals surface area contributed by atoms with Gasteiger partial charge in [-0.15, -0.1) is 0 Å². The molecule has 2 aliphatic rings. The highest BCUT2D eigenvalue weighted by Gasteiger charge is 2.43.